The van der Waals surface area contributed by atoms with Crippen LogP contribution in [0.25, 0.3) is 0 Å². The van der Waals surface area contributed by atoms with Crippen molar-refractivity contribution in [2.75, 3.05) is 7.11 Å². The van der Waals surface area contributed by atoms with Crippen molar-refractivity contribution in [2.45, 2.75) is 76.5 Å². The van der Waals surface area contributed by atoms with Gasteiger partial charge in [-0.3, -0.25) is 4.79 Å². The minimum absolute atomic E-state index is 0.0665. The maximum atomic E-state index is 13.1. The van der Waals surface area contributed by atoms with E-state index in [4.69, 9.17) is 4.74 Å². The maximum absolute atomic E-state index is 13.1. The number of carbonyl (C=O) groups excluding carboxylic acids is 1. The summed E-state index contributed by atoms with van der Waals surface area (Å²) in [6.45, 7) is 2.65. The van der Waals surface area contributed by atoms with E-state index in [1.54, 1.807) is 7.11 Å². The number of tetrazole rings is 1. The van der Waals surface area contributed by atoms with Crippen LogP contribution in [0.2, 0.25) is 0 Å². The summed E-state index contributed by atoms with van der Waals surface area (Å²) in [5.74, 6) is 4.34. The first-order valence-corrected chi connectivity index (χ1v) is 12.0. The Bertz CT molecular complexity index is 830. The van der Waals surface area contributed by atoms with Gasteiger partial charge in [0.25, 0.3) is 0 Å². The Morgan fingerprint density at radius 3 is 2.63 bits per heavy atom. The molecule has 5 saturated carbocycles. The molecule has 5 aliphatic carbocycles. The number of hydrogen-bond donors (Lipinski definition) is 1. The van der Waals surface area contributed by atoms with E-state index >= 15 is 0 Å². The van der Waals surface area contributed by atoms with Crippen LogP contribution in [0, 0.1) is 46.8 Å². The number of ether oxygens (including phenoxy) is 1. The molecule has 30 heavy (non-hydrogen) atoms. The lowest BCUT2D eigenvalue weighted by atomic mass is 9.49. The van der Waals surface area contributed by atoms with Crippen LogP contribution in [0.3, 0.4) is 0 Å². The molecule has 1 N–H and O–H groups in total. The number of aromatic nitrogens is 4. The molecule has 0 amide bonds. The quantitative estimate of drug-likeness (QED) is 0.814. The molecule has 0 radical (unpaired) electrons. The van der Waals surface area contributed by atoms with E-state index in [-0.39, 0.29) is 29.8 Å². The van der Waals surface area contributed by atoms with Crippen LogP contribution in [0.15, 0.2) is 6.33 Å². The summed E-state index contributed by atoms with van der Waals surface area (Å²) >= 11 is 0. The van der Waals surface area contributed by atoms with Gasteiger partial charge in [-0.2, -0.15) is 4.80 Å². The second-order valence-electron chi connectivity index (χ2n) is 11.2. The van der Waals surface area contributed by atoms with Gasteiger partial charge in [0.15, 0.2) is 12.1 Å². The number of rotatable bonds is 4. The van der Waals surface area contributed by atoms with Gasteiger partial charge in [-0.05, 0) is 91.6 Å². The number of Topliss-reactive ketones (excluding diaryl/α,β-unsaturated/α-hetero) is 1. The number of aliphatic hydroxyl groups is 1. The predicted octanol–water partition coefficient (Wildman–Crippen LogP) is 2.50. The Hall–Kier alpha value is -1.34. The van der Waals surface area contributed by atoms with Crippen molar-refractivity contribution in [2.24, 2.45) is 46.8 Å². The van der Waals surface area contributed by atoms with Crippen molar-refractivity contribution >= 4 is 5.78 Å². The molecular formula is C23H34N4O3. The van der Waals surface area contributed by atoms with Crippen molar-refractivity contribution in [1.29, 1.82) is 0 Å². The molecule has 2 unspecified atom stereocenters. The second kappa shape index (κ2) is 6.58. The first kappa shape index (κ1) is 19.4. The summed E-state index contributed by atoms with van der Waals surface area (Å²) in [6.07, 6.45) is 10.6. The second-order valence-corrected chi connectivity index (χ2v) is 11.2. The third kappa shape index (κ3) is 2.51. The summed E-state index contributed by atoms with van der Waals surface area (Å²) in [4.78, 5) is 14.6. The molecule has 7 nitrogen and oxygen atoms in total. The Morgan fingerprint density at radius 2 is 1.87 bits per heavy atom. The van der Waals surface area contributed by atoms with E-state index in [1.165, 1.54) is 36.8 Å². The molecule has 1 aromatic rings. The lowest BCUT2D eigenvalue weighted by Crippen LogP contribution is -2.50. The van der Waals surface area contributed by atoms with Gasteiger partial charge in [-0.25, -0.2) is 0 Å². The third-order valence-electron chi connectivity index (χ3n) is 10.4. The highest BCUT2D eigenvalue weighted by Gasteiger charge is 2.72. The molecule has 0 bridgehead atoms. The average Bonchev–Trinajstić information content (AvgIpc) is 3.04. The number of carbonyl (C=O) groups is 1. The molecule has 0 saturated heterocycles. The van der Waals surface area contributed by atoms with Gasteiger partial charge in [0.1, 0.15) is 6.54 Å². The lowest BCUT2D eigenvalue weighted by molar-refractivity contribution is -0.132. The molecule has 0 aromatic carbocycles. The Morgan fingerprint density at radius 1 is 1.10 bits per heavy atom. The van der Waals surface area contributed by atoms with Gasteiger partial charge >= 0.3 is 0 Å². The van der Waals surface area contributed by atoms with Gasteiger partial charge in [0.2, 0.25) is 0 Å². The highest BCUT2D eigenvalue weighted by molar-refractivity contribution is 5.81. The fraction of sp³-hybridized carbons (Fsp3) is 0.913. The average molecular weight is 415 g/mol. The summed E-state index contributed by atoms with van der Waals surface area (Å²) < 4.78 is 5.66. The standard InChI is InChI=1S/C23H34N4O3/c1-22-9-7-13-14-8-10-23(29)20(21(23)30-2)16(14)4-3-15(13)17(22)5-6-18(22)19(28)11-27-25-12-24-26-27/h12-18,20-21,29H,3-11H2,1-2H3/t13-,14-,15-,16-,17+,18-,20?,21?,22+,23-/m1/s1. The molecule has 164 valence electrons. The van der Waals surface area contributed by atoms with Crippen LogP contribution in [0.5, 0.6) is 0 Å². The molecule has 6 rings (SSSR count). The highest BCUT2D eigenvalue weighted by atomic mass is 16.5. The SMILES string of the molecule is COC1C2[C@@H]3CC[C@@H]4[C@H](CC[C@]5(C)[C@@H](C(=O)Cn6ncnn6)CC[C@@H]45)[C@H]3CC[C@]12O. The first-order chi connectivity index (χ1) is 14.5. The van der Waals surface area contributed by atoms with Crippen molar-refractivity contribution < 1.29 is 14.6 Å². The zero-order valence-electron chi connectivity index (χ0n) is 18.1. The smallest absolute Gasteiger partial charge is 0.162 e. The van der Waals surface area contributed by atoms with E-state index in [0.717, 1.165) is 43.4 Å². The number of fused-ring (bicyclic) bond motifs is 7. The van der Waals surface area contributed by atoms with Crippen molar-refractivity contribution in [1.82, 2.24) is 20.2 Å². The van der Waals surface area contributed by atoms with Crippen molar-refractivity contribution in [3.05, 3.63) is 6.33 Å². The van der Waals surface area contributed by atoms with Crippen LogP contribution >= 0.6 is 0 Å². The molecule has 5 aliphatic rings. The van der Waals surface area contributed by atoms with Crippen molar-refractivity contribution in [3.63, 3.8) is 0 Å². The van der Waals surface area contributed by atoms with Gasteiger partial charge in [0, 0.05) is 18.9 Å². The Kier molecular flexibility index (Phi) is 4.24. The summed E-state index contributed by atoms with van der Waals surface area (Å²) in [5, 5.41) is 22.6. The van der Waals surface area contributed by atoms with E-state index in [2.05, 4.69) is 22.3 Å². The zero-order chi connectivity index (χ0) is 20.7. The van der Waals surface area contributed by atoms with E-state index in [0.29, 0.717) is 17.8 Å². The van der Waals surface area contributed by atoms with Gasteiger partial charge < -0.3 is 9.84 Å². The largest absolute Gasteiger partial charge is 0.387 e. The fourth-order valence-corrected chi connectivity index (χ4v) is 9.17. The number of hydrogen-bond acceptors (Lipinski definition) is 6. The van der Waals surface area contributed by atoms with Crippen molar-refractivity contribution in [3.8, 4) is 0 Å². The minimum Gasteiger partial charge on any atom is -0.387 e. The molecule has 7 heteroatoms. The summed E-state index contributed by atoms with van der Waals surface area (Å²) in [7, 11) is 1.76. The number of nitrogens with zero attached hydrogens (tertiary/aromatic N) is 4. The minimum atomic E-state index is -0.536. The Labute approximate surface area is 177 Å². The highest BCUT2D eigenvalue weighted by Crippen LogP contribution is 2.69. The third-order valence-corrected chi connectivity index (χ3v) is 10.4. The molecule has 0 aliphatic heterocycles. The van der Waals surface area contributed by atoms with E-state index in [9.17, 15) is 9.90 Å². The summed E-state index contributed by atoms with van der Waals surface area (Å²) in [5.41, 5.74) is -0.415. The molecule has 0 spiro atoms. The van der Waals surface area contributed by atoms with Gasteiger partial charge in [-0.15, -0.1) is 10.2 Å². The fourth-order valence-electron chi connectivity index (χ4n) is 9.17. The zero-order valence-corrected chi connectivity index (χ0v) is 18.1. The number of ketones is 1. The first-order valence-electron chi connectivity index (χ1n) is 12.0. The lowest BCUT2D eigenvalue weighted by Gasteiger charge is -2.55. The predicted molar refractivity (Wildman–Crippen MR) is 108 cm³/mol. The van der Waals surface area contributed by atoms with Gasteiger partial charge in [0.05, 0.1) is 11.7 Å². The molecule has 5 fully saturated rings. The van der Waals surface area contributed by atoms with Gasteiger partial charge in [-0.1, -0.05) is 6.92 Å². The van der Waals surface area contributed by atoms with Crippen LogP contribution in [0.1, 0.15) is 58.3 Å². The molecule has 1 heterocycles. The van der Waals surface area contributed by atoms with Crippen LogP contribution in [0.4, 0.5) is 0 Å². The summed E-state index contributed by atoms with van der Waals surface area (Å²) in [6, 6.07) is 0. The molecular weight excluding hydrogens is 380 g/mol. The molecule has 1 aromatic heterocycles. The van der Waals surface area contributed by atoms with Crippen LogP contribution in [-0.4, -0.2) is 49.9 Å². The topological polar surface area (TPSA) is 90.1 Å². The monoisotopic (exact) mass is 414 g/mol. The Balaban J connectivity index is 1.20. The van der Waals surface area contributed by atoms with Crippen LogP contribution < -0.4 is 0 Å². The van der Waals surface area contributed by atoms with E-state index < -0.39 is 5.60 Å². The van der Waals surface area contributed by atoms with E-state index in [1.807, 2.05) is 0 Å². The number of methoxy groups -OCH3 is 1. The maximum Gasteiger partial charge on any atom is 0.162 e. The van der Waals surface area contributed by atoms with Crippen LogP contribution in [-0.2, 0) is 16.1 Å². The molecule has 10 atom stereocenters. The normalized spacial score (nSPS) is 51.4.